The van der Waals surface area contributed by atoms with E-state index >= 15 is 0 Å². The molecule has 1 aromatic heterocycles. The summed E-state index contributed by atoms with van der Waals surface area (Å²) in [4.78, 5) is 24.9. The SMILES string of the molecule is COC(=O)c1c(NC(=O)c2c(F)c(F)c(F)c(F)c2F)sc2c1CCC2. The molecule has 1 amide bonds. The molecule has 1 aliphatic rings. The Morgan fingerprint density at radius 2 is 1.50 bits per heavy atom. The van der Waals surface area contributed by atoms with Crippen LogP contribution in [0.1, 0.15) is 37.6 Å². The number of amides is 1. The number of aryl methyl sites for hydroxylation is 1. The van der Waals surface area contributed by atoms with Crippen molar-refractivity contribution >= 4 is 28.2 Å². The molecule has 0 saturated carbocycles. The summed E-state index contributed by atoms with van der Waals surface area (Å²) in [6.45, 7) is 0. The lowest BCUT2D eigenvalue weighted by molar-refractivity contribution is 0.0601. The van der Waals surface area contributed by atoms with E-state index in [-0.39, 0.29) is 10.6 Å². The van der Waals surface area contributed by atoms with Gasteiger partial charge in [-0.25, -0.2) is 26.7 Å². The summed E-state index contributed by atoms with van der Waals surface area (Å²) in [5, 5.41) is 2.01. The minimum absolute atomic E-state index is 0.0298. The van der Waals surface area contributed by atoms with Gasteiger partial charge in [0.1, 0.15) is 10.6 Å². The van der Waals surface area contributed by atoms with Gasteiger partial charge in [-0.15, -0.1) is 11.3 Å². The molecule has 1 heterocycles. The number of nitrogens with one attached hydrogen (secondary N) is 1. The van der Waals surface area contributed by atoms with Crippen LogP contribution in [0.4, 0.5) is 27.0 Å². The fourth-order valence-corrected chi connectivity index (χ4v) is 4.05. The number of hydrogen-bond acceptors (Lipinski definition) is 4. The third-order valence-electron chi connectivity index (χ3n) is 3.97. The first-order chi connectivity index (χ1) is 12.3. The highest BCUT2D eigenvalue weighted by Gasteiger charge is 2.32. The highest BCUT2D eigenvalue weighted by molar-refractivity contribution is 7.17. The van der Waals surface area contributed by atoms with Crippen LogP contribution in [0.5, 0.6) is 0 Å². The van der Waals surface area contributed by atoms with Gasteiger partial charge < -0.3 is 10.1 Å². The number of benzene rings is 1. The van der Waals surface area contributed by atoms with Crippen LogP contribution in [0.2, 0.25) is 0 Å². The molecular weight excluding hydrogens is 381 g/mol. The largest absolute Gasteiger partial charge is 0.465 e. The van der Waals surface area contributed by atoms with Gasteiger partial charge in [-0.1, -0.05) is 0 Å². The molecule has 1 aliphatic carbocycles. The van der Waals surface area contributed by atoms with Gasteiger partial charge in [0, 0.05) is 4.88 Å². The molecular formula is C16H10F5NO3S. The van der Waals surface area contributed by atoms with E-state index in [1.165, 1.54) is 0 Å². The van der Waals surface area contributed by atoms with Crippen molar-refractivity contribution in [2.24, 2.45) is 0 Å². The fraction of sp³-hybridized carbons (Fsp3) is 0.250. The smallest absolute Gasteiger partial charge is 0.341 e. The topological polar surface area (TPSA) is 55.4 Å². The number of hydrogen-bond donors (Lipinski definition) is 1. The monoisotopic (exact) mass is 391 g/mol. The Morgan fingerprint density at radius 1 is 0.923 bits per heavy atom. The van der Waals surface area contributed by atoms with Crippen molar-refractivity contribution in [1.82, 2.24) is 0 Å². The average Bonchev–Trinajstić information content (AvgIpc) is 3.18. The molecule has 26 heavy (non-hydrogen) atoms. The molecule has 0 spiro atoms. The van der Waals surface area contributed by atoms with Crippen molar-refractivity contribution < 1.29 is 36.3 Å². The zero-order valence-corrected chi connectivity index (χ0v) is 14.0. The van der Waals surface area contributed by atoms with Crippen LogP contribution >= 0.6 is 11.3 Å². The van der Waals surface area contributed by atoms with Crippen LogP contribution in [-0.2, 0) is 17.6 Å². The van der Waals surface area contributed by atoms with Crippen LogP contribution in [0.3, 0.4) is 0 Å². The third kappa shape index (κ3) is 2.74. The maximum Gasteiger partial charge on any atom is 0.341 e. The number of thiophene rings is 1. The van der Waals surface area contributed by atoms with Crippen molar-refractivity contribution in [3.63, 3.8) is 0 Å². The standard InChI is InChI=1S/C16H10F5NO3S/c1-25-16(24)7-5-3-2-4-6(5)26-15(7)22-14(23)8-9(17)11(19)13(21)12(20)10(8)18/h2-4H2,1H3,(H,22,23). The van der Waals surface area contributed by atoms with Gasteiger partial charge in [-0.2, -0.15) is 0 Å². The van der Waals surface area contributed by atoms with E-state index in [0.29, 0.717) is 18.4 Å². The molecule has 4 nitrogen and oxygen atoms in total. The van der Waals surface area contributed by atoms with Crippen LogP contribution in [0.25, 0.3) is 0 Å². The van der Waals surface area contributed by atoms with E-state index in [2.05, 4.69) is 10.1 Å². The summed E-state index contributed by atoms with van der Waals surface area (Å²) in [5.74, 6) is -13.6. The Morgan fingerprint density at radius 3 is 2.08 bits per heavy atom. The van der Waals surface area contributed by atoms with E-state index in [4.69, 9.17) is 0 Å². The number of esters is 1. The highest BCUT2D eigenvalue weighted by Crippen LogP contribution is 2.40. The van der Waals surface area contributed by atoms with Crippen molar-refractivity contribution in [3.05, 3.63) is 50.7 Å². The van der Waals surface area contributed by atoms with E-state index in [9.17, 15) is 31.5 Å². The summed E-state index contributed by atoms with van der Waals surface area (Å²) < 4.78 is 71.9. The Bertz CT molecular complexity index is 912. The zero-order valence-electron chi connectivity index (χ0n) is 13.1. The Kier molecular flexibility index (Phi) is 4.70. The fourth-order valence-electron chi connectivity index (χ4n) is 2.78. The number of ether oxygens (including phenoxy) is 1. The molecule has 0 unspecified atom stereocenters. The van der Waals surface area contributed by atoms with Crippen LogP contribution in [0.15, 0.2) is 0 Å². The lowest BCUT2D eigenvalue weighted by atomic mass is 10.1. The first-order valence-corrected chi connectivity index (χ1v) is 8.15. The quantitative estimate of drug-likeness (QED) is 0.373. The molecule has 0 bridgehead atoms. The molecule has 10 heteroatoms. The van der Waals surface area contributed by atoms with Crippen molar-refractivity contribution in [2.45, 2.75) is 19.3 Å². The maximum atomic E-state index is 13.8. The molecule has 0 saturated heterocycles. The second-order valence-electron chi connectivity index (χ2n) is 5.45. The molecule has 138 valence electrons. The Hall–Kier alpha value is -2.49. The molecule has 1 aromatic carbocycles. The first-order valence-electron chi connectivity index (χ1n) is 7.33. The van der Waals surface area contributed by atoms with Gasteiger partial charge in [0.25, 0.3) is 5.91 Å². The molecule has 0 fully saturated rings. The van der Waals surface area contributed by atoms with Crippen molar-refractivity contribution in [1.29, 1.82) is 0 Å². The van der Waals surface area contributed by atoms with Gasteiger partial charge in [0.15, 0.2) is 23.3 Å². The number of halogens is 5. The lowest BCUT2D eigenvalue weighted by Crippen LogP contribution is -2.20. The zero-order chi connectivity index (χ0) is 19.2. The van der Waals surface area contributed by atoms with E-state index in [0.717, 1.165) is 29.7 Å². The summed E-state index contributed by atoms with van der Waals surface area (Å²) in [6, 6.07) is 0. The van der Waals surface area contributed by atoms with E-state index < -0.39 is 46.5 Å². The summed E-state index contributed by atoms with van der Waals surface area (Å²) in [7, 11) is 1.12. The number of anilines is 1. The minimum Gasteiger partial charge on any atom is -0.465 e. The second kappa shape index (κ2) is 6.67. The van der Waals surface area contributed by atoms with Crippen LogP contribution < -0.4 is 5.32 Å². The van der Waals surface area contributed by atoms with Gasteiger partial charge in [0.05, 0.1) is 12.7 Å². The summed E-state index contributed by atoms with van der Waals surface area (Å²) in [5.41, 5.74) is -0.942. The average molecular weight is 391 g/mol. The molecule has 2 aromatic rings. The Balaban J connectivity index is 2.04. The third-order valence-corrected chi connectivity index (χ3v) is 5.18. The number of carbonyl (C=O) groups is 2. The summed E-state index contributed by atoms with van der Waals surface area (Å²) >= 11 is 0.999. The molecule has 3 rings (SSSR count). The van der Waals surface area contributed by atoms with Gasteiger partial charge >= 0.3 is 5.97 Å². The van der Waals surface area contributed by atoms with Crippen LogP contribution in [0, 0.1) is 29.1 Å². The number of fused-ring (bicyclic) bond motifs is 1. The van der Waals surface area contributed by atoms with E-state index in [1.807, 2.05) is 0 Å². The molecule has 0 aliphatic heterocycles. The molecule has 0 radical (unpaired) electrons. The molecule has 1 N–H and O–H groups in total. The van der Waals surface area contributed by atoms with Gasteiger partial charge in [0.2, 0.25) is 5.82 Å². The van der Waals surface area contributed by atoms with Gasteiger partial charge in [-0.3, -0.25) is 4.79 Å². The van der Waals surface area contributed by atoms with Crippen molar-refractivity contribution in [2.75, 3.05) is 12.4 Å². The second-order valence-corrected chi connectivity index (χ2v) is 6.56. The first kappa shape index (κ1) is 18.3. The maximum absolute atomic E-state index is 13.8. The van der Waals surface area contributed by atoms with Crippen molar-refractivity contribution in [3.8, 4) is 0 Å². The molecule has 0 atom stereocenters. The number of rotatable bonds is 3. The van der Waals surface area contributed by atoms with E-state index in [1.54, 1.807) is 0 Å². The number of methoxy groups -OCH3 is 1. The Labute approximate surface area is 147 Å². The summed E-state index contributed by atoms with van der Waals surface area (Å²) in [6.07, 6.45) is 1.98. The lowest BCUT2D eigenvalue weighted by Gasteiger charge is -2.10. The number of carbonyl (C=O) groups excluding carboxylic acids is 2. The van der Waals surface area contributed by atoms with Gasteiger partial charge in [-0.05, 0) is 24.8 Å². The predicted octanol–water partition coefficient (Wildman–Crippen LogP) is 3.97. The predicted molar refractivity (Wildman–Crippen MR) is 81.9 cm³/mol. The van der Waals surface area contributed by atoms with Crippen LogP contribution in [-0.4, -0.2) is 19.0 Å². The minimum atomic E-state index is -2.36. The normalized spacial score (nSPS) is 12.8. The highest BCUT2D eigenvalue weighted by atomic mass is 32.1.